The lowest BCUT2D eigenvalue weighted by molar-refractivity contribution is 0.474. The molecule has 0 radical (unpaired) electrons. The smallest absolute Gasteiger partial charge is 0.115 e. The number of rotatable bonds is 0. The van der Waals surface area contributed by atoms with Gasteiger partial charge in [0.25, 0.3) is 0 Å². The zero-order chi connectivity index (χ0) is 7.84. The molecule has 1 N–H and O–H groups in total. The quantitative estimate of drug-likeness (QED) is 0.638. The van der Waals surface area contributed by atoms with E-state index in [1.54, 1.807) is 6.07 Å². The van der Waals surface area contributed by atoms with Crippen molar-refractivity contribution in [3.8, 4) is 5.75 Å². The first kappa shape index (κ1) is 7.04. The minimum absolute atomic E-state index is 0.387. The predicted octanol–water partition coefficient (Wildman–Crippen LogP) is 2.43. The number of phenols is 1. The maximum absolute atomic E-state index is 9.17. The molecule has 1 atom stereocenters. The molecule has 1 nitrogen and oxygen atoms in total. The van der Waals surface area contributed by atoms with Gasteiger partial charge in [-0.25, -0.2) is 0 Å². The van der Waals surface area contributed by atoms with Crippen LogP contribution in [0.4, 0.5) is 0 Å². The maximum atomic E-state index is 9.17. The molecule has 0 bridgehead atoms. The fourth-order valence-corrected chi connectivity index (χ4v) is 2.55. The fourth-order valence-electron chi connectivity index (χ4n) is 1.41. The molecule has 0 aliphatic carbocycles. The Bertz CT molecular complexity index is 283. The molecule has 1 aliphatic rings. The van der Waals surface area contributed by atoms with E-state index in [9.17, 15) is 5.11 Å². The lowest BCUT2D eigenvalue weighted by Crippen LogP contribution is -1.90. The number of thioether (sulfide) groups is 1. The Hall–Kier alpha value is -0.630. The number of aromatic hydroxyl groups is 1. The molecule has 1 aromatic carbocycles. The van der Waals surface area contributed by atoms with E-state index in [0.29, 0.717) is 11.0 Å². The minimum Gasteiger partial charge on any atom is -0.508 e. The summed E-state index contributed by atoms with van der Waals surface area (Å²) in [5, 5.41) is 9.85. The van der Waals surface area contributed by atoms with Gasteiger partial charge in [-0.3, -0.25) is 0 Å². The van der Waals surface area contributed by atoms with Gasteiger partial charge in [0.15, 0.2) is 0 Å². The van der Waals surface area contributed by atoms with E-state index in [4.69, 9.17) is 0 Å². The average Bonchev–Trinajstić information content (AvgIpc) is 2.27. The minimum atomic E-state index is 0.387. The third kappa shape index (κ3) is 1.23. The molecule has 0 spiro atoms. The van der Waals surface area contributed by atoms with Gasteiger partial charge in [0.2, 0.25) is 0 Å². The third-order valence-corrected chi connectivity index (χ3v) is 3.10. The summed E-state index contributed by atoms with van der Waals surface area (Å²) in [6.07, 6.45) is 1.09. The molecule has 1 aromatic rings. The molecule has 0 saturated carbocycles. The molecule has 2 heteroatoms. The van der Waals surface area contributed by atoms with Crippen molar-refractivity contribution >= 4 is 11.8 Å². The molecule has 1 unspecified atom stereocenters. The van der Waals surface area contributed by atoms with Crippen LogP contribution < -0.4 is 0 Å². The van der Waals surface area contributed by atoms with Crippen LogP contribution in [-0.4, -0.2) is 10.4 Å². The van der Waals surface area contributed by atoms with Crippen molar-refractivity contribution in [2.24, 2.45) is 0 Å². The number of hydrogen-bond donors (Lipinski definition) is 1. The first-order chi connectivity index (χ1) is 5.25. The van der Waals surface area contributed by atoms with E-state index in [-0.39, 0.29) is 0 Å². The van der Waals surface area contributed by atoms with Crippen LogP contribution in [0.2, 0.25) is 0 Å². The van der Waals surface area contributed by atoms with Crippen LogP contribution in [0.1, 0.15) is 12.5 Å². The van der Waals surface area contributed by atoms with Gasteiger partial charge in [0, 0.05) is 10.1 Å². The topological polar surface area (TPSA) is 20.2 Å². The van der Waals surface area contributed by atoms with Crippen molar-refractivity contribution in [2.45, 2.75) is 23.5 Å². The molecule has 1 heterocycles. The van der Waals surface area contributed by atoms with Crippen LogP contribution in [0.15, 0.2) is 23.1 Å². The highest BCUT2D eigenvalue weighted by atomic mass is 32.2. The third-order valence-electron chi connectivity index (χ3n) is 1.88. The number of benzene rings is 1. The molecule has 0 saturated heterocycles. The summed E-state index contributed by atoms with van der Waals surface area (Å²) in [6.45, 7) is 2.21. The summed E-state index contributed by atoms with van der Waals surface area (Å²) in [4.78, 5) is 1.33. The molecular weight excluding hydrogens is 156 g/mol. The van der Waals surface area contributed by atoms with Crippen LogP contribution in [0.5, 0.6) is 5.75 Å². The van der Waals surface area contributed by atoms with Crippen LogP contribution in [0, 0.1) is 0 Å². The highest BCUT2D eigenvalue weighted by Crippen LogP contribution is 2.37. The summed E-state index contributed by atoms with van der Waals surface area (Å²) in [7, 11) is 0. The Labute approximate surface area is 70.4 Å². The van der Waals surface area contributed by atoms with Gasteiger partial charge in [-0.15, -0.1) is 11.8 Å². The Morgan fingerprint density at radius 2 is 2.36 bits per heavy atom. The maximum Gasteiger partial charge on any atom is 0.115 e. The van der Waals surface area contributed by atoms with Gasteiger partial charge in [-0.1, -0.05) is 6.92 Å². The van der Waals surface area contributed by atoms with E-state index >= 15 is 0 Å². The van der Waals surface area contributed by atoms with Crippen molar-refractivity contribution < 1.29 is 5.11 Å². The second-order valence-corrected chi connectivity index (χ2v) is 4.40. The lowest BCUT2D eigenvalue weighted by atomic mass is 10.1. The molecule has 1 aliphatic heterocycles. The molecule has 58 valence electrons. The summed E-state index contributed by atoms with van der Waals surface area (Å²) in [5.41, 5.74) is 1.29. The van der Waals surface area contributed by atoms with Gasteiger partial charge in [-0.2, -0.15) is 0 Å². The van der Waals surface area contributed by atoms with E-state index < -0.39 is 0 Å². The summed E-state index contributed by atoms with van der Waals surface area (Å²) >= 11 is 1.89. The number of phenolic OH excluding ortho intramolecular Hbond substituents is 1. The van der Waals surface area contributed by atoms with Crippen molar-refractivity contribution in [3.05, 3.63) is 23.8 Å². The van der Waals surface area contributed by atoms with Crippen LogP contribution in [-0.2, 0) is 6.42 Å². The normalized spacial score (nSPS) is 21.7. The summed E-state index contributed by atoms with van der Waals surface area (Å²) < 4.78 is 0. The average molecular weight is 166 g/mol. The van der Waals surface area contributed by atoms with Crippen molar-refractivity contribution in [1.82, 2.24) is 0 Å². The van der Waals surface area contributed by atoms with Crippen molar-refractivity contribution in [1.29, 1.82) is 0 Å². The summed E-state index contributed by atoms with van der Waals surface area (Å²) in [6, 6.07) is 5.62. The SMILES string of the molecule is CC1Cc2cc(O)ccc2S1. The zero-order valence-electron chi connectivity index (χ0n) is 6.37. The van der Waals surface area contributed by atoms with Crippen molar-refractivity contribution in [2.75, 3.05) is 0 Å². The Morgan fingerprint density at radius 1 is 1.55 bits per heavy atom. The lowest BCUT2D eigenvalue weighted by Gasteiger charge is -1.96. The standard InChI is InChI=1S/C9H10OS/c1-6-4-7-5-8(10)2-3-9(7)11-6/h2-3,5-6,10H,4H2,1H3. The zero-order valence-corrected chi connectivity index (χ0v) is 7.19. The molecule has 2 rings (SSSR count). The first-order valence-corrected chi connectivity index (χ1v) is 4.62. The van der Waals surface area contributed by atoms with Crippen molar-refractivity contribution in [3.63, 3.8) is 0 Å². The molecular formula is C9H10OS. The van der Waals surface area contributed by atoms with Crippen LogP contribution in [0.25, 0.3) is 0 Å². The van der Waals surface area contributed by atoms with Gasteiger partial charge in [-0.05, 0) is 30.2 Å². The van der Waals surface area contributed by atoms with E-state index in [1.807, 2.05) is 23.9 Å². The number of fused-ring (bicyclic) bond motifs is 1. The van der Waals surface area contributed by atoms with Crippen LogP contribution >= 0.6 is 11.8 Å². The van der Waals surface area contributed by atoms with Gasteiger partial charge >= 0.3 is 0 Å². The largest absolute Gasteiger partial charge is 0.508 e. The first-order valence-electron chi connectivity index (χ1n) is 3.74. The Balaban J connectivity index is 2.43. The molecule has 0 amide bonds. The molecule has 11 heavy (non-hydrogen) atoms. The highest BCUT2D eigenvalue weighted by molar-refractivity contribution is 8.00. The summed E-state index contributed by atoms with van der Waals surface area (Å²) in [5.74, 6) is 0.387. The van der Waals surface area contributed by atoms with Crippen LogP contribution in [0.3, 0.4) is 0 Å². The van der Waals surface area contributed by atoms with Gasteiger partial charge in [0.05, 0.1) is 0 Å². The van der Waals surface area contributed by atoms with Gasteiger partial charge < -0.3 is 5.11 Å². The fraction of sp³-hybridized carbons (Fsp3) is 0.333. The van der Waals surface area contributed by atoms with E-state index in [2.05, 4.69) is 6.92 Å². The Morgan fingerprint density at radius 3 is 3.18 bits per heavy atom. The Kier molecular flexibility index (Phi) is 1.57. The van der Waals surface area contributed by atoms with Gasteiger partial charge in [0.1, 0.15) is 5.75 Å². The highest BCUT2D eigenvalue weighted by Gasteiger charge is 2.17. The molecule has 0 aromatic heterocycles. The monoisotopic (exact) mass is 166 g/mol. The second-order valence-electron chi connectivity index (χ2n) is 2.92. The number of hydrogen-bond acceptors (Lipinski definition) is 2. The molecule has 0 fully saturated rings. The van der Waals surface area contributed by atoms with E-state index in [1.165, 1.54) is 10.5 Å². The predicted molar refractivity (Wildman–Crippen MR) is 47.1 cm³/mol. The second kappa shape index (κ2) is 2.45. The van der Waals surface area contributed by atoms with E-state index in [0.717, 1.165) is 6.42 Å².